The molecule has 0 saturated carbocycles. The van der Waals surface area contributed by atoms with Crippen molar-refractivity contribution in [2.45, 2.75) is 39.3 Å². The zero-order valence-electron chi connectivity index (χ0n) is 13.9. The topological polar surface area (TPSA) is 76.1 Å². The molecule has 1 aromatic heterocycles. The molecular formula is C17H23N3O3. The third kappa shape index (κ3) is 3.83. The molecule has 0 fully saturated rings. The minimum atomic E-state index is -0.408. The van der Waals surface area contributed by atoms with E-state index in [0.29, 0.717) is 5.82 Å². The number of aromatic nitrogens is 2. The molecule has 2 aromatic rings. The van der Waals surface area contributed by atoms with Gasteiger partial charge in [-0.3, -0.25) is 14.3 Å². The van der Waals surface area contributed by atoms with Crippen LogP contribution in [-0.4, -0.2) is 16.7 Å². The van der Waals surface area contributed by atoms with Crippen molar-refractivity contribution in [1.29, 1.82) is 0 Å². The first-order chi connectivity index (χ1) is 11.0. The molecule has 0 aliphatic carbocycles. The van der Waals surface area contributed by atoms with Crippen LogP contribution < -0.4 is 21.3 Å². The van der Waals surface area contributed by atoms with E-state index in [-0.39, 0.29) is 12.1 Å². The largest absolute Gasteiger partial charge is 0.497 e. The maximum atomic E-state index is 12.1. The molecule has 0 radical (unpaired) electrons. The normalized spacial score (nSPS) is 13.4. The number of hydrogen-bond acceptors (Lipinski definition) is 4. The molecule has 0 amide bonds. The average molecular weight is 317 g/mol. The summed E-state index contributed by atoms with van der Waals surface area (Å²) in [5.74, 6) is 1.28. The molecular weight excluding hydrogens is 294 g/mol. The zero-order chi connectivity index (χ0) is 17.0. The van der Waals surface area contributed by atoms with E-state index in [1.807, 2.05) is 45.0 Å². The van der Waals surface area contributed by atoms with E-state index in [0.717, 1.165) is 17.7 Å². The molecule has 0 unspecified atom stereocenters. The number of benzene rings is 1. The fourth-order valence-corrected chi connectivity index (χ4v) is 2.45. The molecule has 6 nitrogen and oxygen atoms in total. The van der Waals surface area contributed by atoms with Gasteiger partial charge in [-0.1, -0.05) is 19.1 Å². The second kappa shape index (κ2) is 7.17. The Labute approximate surface area is 135 Å². The summed E-state index contributed by atoms with van der Waals surface area (Å²) in [6, 6.07) is 9.01. The van der Waals surface area contributed by atoms with Gasteiger partial charge in [0.2, 0.25) is 0 Å². The standard InChI is InChI=1S/C17H23N3O3/c1-5-11(2)20-15(10-16(21)19-17(20)22)18-12(3)13-7-6-8-14(9-13)23-4/h6-12,18H,5H2,1-4H3,(H,19,21,22)/t11-,12+/m1/s1. The van der Waals surface area contributed by atoms with Gasteiger partial charge in [-0.15, -0.1) is 0 Å². The van der Waals surface area contributed by atoms with Gasteiger partial charge in [-0.05, 0) is 38.0 Å². The Morgan fingerprint density at radius 2 is 2.00 bits per heavy atom. The number of aromatic amines is 1. The highest BCUT2D eigenvalue weighted by Crippen LogP contribution is 2.23. The molecule has 0 spiro atoms. The van der Waals surface area contributed by atoms with Crippen molar-refractivity contribution in [3.8, 4) is 5.75 Å². The van der Waals surface area contributed by atoms with E-state index in [1.165, 1.54) is 6.07 Å². The van der Waals surface area contributed by atoms with Crippen molar-refractivity contribution in [1.82, 2.24) is 9.55 Å². The predicted octanol–water partition coefficient (Wildman–Crippen LogP) is 2.69. The molecule has 0 bridgehead atoms. The van der Waals surface area contributed by atoms with Crippen LogP contribution in [-0.2, 0) is 0 Å². The number of ether oxygens (including phenoxy) is 1. The highest BCUT2D eigenvalue weighted by atomic mass is 16.5. The predicted molar refractivity (Wildman–Crippen MR) is 91.4 cm³/mol. The molecule has 1 heterocycles. The van der Waals surface area contributed by atoms with Crippen molar-refractivity contribution in [2.24, 2.45) is 0 Å². The number of rotatable bonds is 6. The summed E-state index contributed by atoms with van der Waals surface area (Å²) >= 11 is 0. The number of anilines is 1. The lowest BCUT2D eigenvalue weighted by Gasteiger charge is -2.22. The molecule has 124 valence electrons. The summed E-state index contributed by atoms with van der Waals surface area (Å²) < 4.78 is 6.82. The van der Waals surface area contributed by atoms with Crippen molar-refractivity contribution in [3.05, 3.63) is 56.7 Å². The number of H-pyrrole nitrogens is 1. The second-order valence-electron chi connectivity index (χ2n) is 5.59. The van der Waals surface area contributed by atoms with E-state index in [2.05, 4.69) is 10.3 Å². The van der Waals surface area contributed by atoms with E-state index < -0.39 is 11.2 Å². The molecule has 23 heavy (non-hydrogen) atoms. The molecule has 2 rings (SSSR count). The second-order valence-corrected chi connectivity index (χ2v) is 5.59. The SMILES string of the molecule is CC[C@@H](C)n1c(N[C@@H](C)c2cccc(OC)c2)cc(=O)[nH]c1=O. The molecule has 0 aliphatic rings. The summed E-state index contributed by atoms with van der Waals surface area (Å²) in [4.78, 5) is 26.1. The third-order valence-corrected chi connectivity index (χ3v) is 3.97. The number of hydrogen-bond donors (Lipinski definition) is 2. The summed E-state index contributed by atoms with van der Waals surface area (Å²) in [6.07, 6.45) is 0.786. The van der Waals surface area contributed by atoms with Crippen LogP contribution in [0.2, 0.25) is 0 Å². The summed E-state index contributed by atoms with van der Waals surface area (Å²) in [5, 5.41) is 3.26. The van der Waals surface area contributed by atoms with Gasteiger partial charge < -0.3 is 10.1 Å². The molecule has 0 saturated heterocycles. The van der Waals surface area contributed by atoms with Crippen molar-refractivity contribution in [2.75, 3.05) is 12.4 Å². The Morgan fingerprint density at radius 3 is 2.65 bits per heavy atom. The van der Waals surface area contributed by atoms with Crippen LogP contribution >= 0.6 is 0 Å². The lowest BCUT2D eigenvalue weighted by molar-refractivity contribution is 0.414. The van der Waals surface area contributed by atoms with Crippen LogP contribution in [0.3, 0.4) is 0 Å². The van der Waals surface area contributed by atoms with Gasteiger partial charge in [0.05, 0.1) is 13.2 Å². The highest BCUT2D eigenvalue weighted by molar-refractivity contribution is 5.40. The summed E-state index contributed by atoms with van der Waals surface area (Å²) in [5.41, 5.74) is 0.204. The maximum Gasteiger partial charge on any atom is 0.330 e. The highest BCUT2D eigenvalue weighted by Gasteiger charge is 2.14. The fourth-order valence-electron chi connectivity index (χ4n) is 2.45. The third-order valence-electron chi connectivity index (χ3n) is 3.97. The van der Waals surface area contributed by atoms with E-state index in [9.17, 15) is 9.59 Å². The Morgan fingerprint density at radius 1 is 1.26 bits per heavy atom. The van der Waals surface area contributed by atoms with Gasteiger partial charge in [0.25, 0.3) is 5.56 Å². The molecule has 0 aliphatic heterocycles. The van der Waals surface area contributed by atoms with E-state index in [4.69, 9.17) is 4.74 Å². The van der Waals surface area contributed by atoms with Crippen molar-refractivity contribution < 1.29 is 4.74 Å². The molecule has 2 N–H and O–H groups in total. The number of methoxy groups -OCH3 is 1. The van der Waals surface area contributed by atoms with Crippen LogP contribution in [0.4, 0.5) is 5.82 Å². The minimum absolute atomic E-state index is 0.0145. The Balaban J connectivity index is 2.38. The van der Waals surface area contributed by atoms with Crippen LogP contribution in [0, 0.1) is 0 Å². The number of nitrogens with one attached hydrogen (secondary N) is 2. The maximum absolute atomic E-state index is 12.1. The quantitative estimate of drug-likeness (QED) is 0.859. The summed E-state index contributed by atoms with van der Waals surface area (Å²) in [7, 11) is 1.62. The molecule has 6 heteroatoms. The van der Waals surface area contributed by atoms with Crippen LogP contribution in [0.25, 0.3) is 0 Å². The van der Waals surface area contributed by atoms with Gasteiger partial charge in [-0.2, -0.15) is 0 Å². The Bertz CT molecular complexity index is 779. The Hall–Kier alpha value is -2.50. The van der Waals surface area contributed by atoms with E-state index in [1.54, 1.807) is 11.7 Å². The van der Waals surface area contributed by atoms with Gasteiger partial charge >= 0.3 is 5.69 Å². The van der Waals surface area contributed by atoms with Gasteiger partial charge in [0.1, 0.15) is 11.6 Å². The smallest absolute Gasteiger partial charge is 0.330 e. The van der Waals surface area contributed by atoms with Gasteiger partial charge in [0.15, 0.2) is 0 Å². The van der Waals surface area contributed by atoms with Crippen molar-refractivity contribution >= 4 is 5.82 Å². The van der Waals surface area contributed by atoms with E-state index >= 15 is 0 Å². The summed E-state index contributed by atoms with van der Waals surface area (Å²) in [6.45, 7) is 5.92. The minimum Gasteiger partial charge on any atom is -0.497 e. The lowest BCUT2D eigenvalue weighted by Crippen LogP contribution is -2.33. The lowest BCUT2D eigenvalue weighted by atomic mass is 10.1. The first kappa shape index (κ1) is 16.9. The average Bonchev–Trinajstić information content (AvgIpc) is 2.53. The monoisotopic (exact) mass is 317 g/mol. The Kier molecular flexibility index (Phi) is 5.26. The first-order valence-corrected chi connectivity index (χ1v) is 7.72. The van der Waals surface area contributed by atoms with Crippen LogP contribution in [0.1, 0.15) is 44.8 Å². The van der Waals surface area contributed by atoms with Gasteiger partial charge in [-0.25, -0.2) is 4.79 Å². The molecule has 2 atom stereocenters. The van der Waals surface area contributed by atoms with Crippen LogP contribution in [0.5, 0.6) is 5.75 Å². The van der Waals surface area contributed by atoms with Crippen LogP contribution in [0.15, 0.2) is 39.9 Å². The fraction of sp³-hybridized carbons (Fsp3) is 0.412. The molecule has 1 aromatic carbocycles. The van der Waals surface area contributed by atoms with Crippen molar-refractivity contribution in [3.63, 3.8) is 0 Å². The first-order valence-electron chi connectivity index (χ1n) is 7.72. The van der Waals surface area contributed by atoms with Gasteiger partial charge in [0, 0.05) is 12.1 Å². The zero-order valence-corrected chi connectivity index (χ0v) is 13.9. The number of nitrogens with zero attached hydrogens (tertiary/aromatic N) is 1.